The van der Waals surface area contributed by atoms with Crippen LogP contribution in [-0.4, -0.2) is 30.3 Å². The molecule has 2 N–H and O–H groups in total. The molecule has 0 saturated carbocycles. The van der Waals surface area contributed by atoms with Crippen LogP contribution in [0, 0.1) is 17.7 Å². The molecule has 0 spiro atoms. The molecular weight excluding hydrogens is 290 g/mol. The van der Waals surface area contributed by atoms with Crippen molar-refractivity contribution in [3.63, 3.8) is 0 Å². The number of aliphatic hydroxyl groups excluding tert-OH is 1. The van der Waals surface area contributed by atoms with Crippen LogP contribution in [0.4, 0.5) is 17.6 Å². The number of hydrogen-bond donors (Lipinski definition) is 2. The van der Waals surface area contributed by atoms with Gasteiger partial charge in [-0.1, -0.05) is 11.8 Å². The number of hydrogen-bond acceptors (Lipinski definition) is 2. The lowest BCUT2D eigenvalue weighted by atomic mass is 10.1. The minimum Gasteiger partial charge on any atom is -0.395 e. The zero-order valence-electron chi connectivity index (χ0n) is 10.9. The molecule has 1 amide bonds. The summed E-state index contributed by atoms with van der Waals surface area (Å²) >= 11 is 0. The summed E-state index contributed by atoms with van der Waals surface area (Å²) in [4.78, 5) is 11.6. The Morgan fingerprint density at radius 2 is 2.05 bits per heavy atom. The van der Waals surface area contributed by atoms with Gasteiger partial charge in [0.15, 0.2) is 0 Å². The van der Waals surface area contributed by atoms with Gasteiger partial charge in [0.25, 0.3) is 5.91 Å². The van der Waals surface area contributed by atoms with Gasteiger partial charge in [-0.3, -0.25) is 4.79 Å². The number of carbonyl (C=O) groups is 1. The monoisotopic (exact) mass is 303 g/mol. The van der Waals surface area contributed by atoms with Crippen molar-refractivity contribution in [2.24, 2.45) is 0 Å². The van der Waals surface area contributed by atoms with Crippen molar-refractivity contribution >= 4 is 5.91 Å². The SMILES string of the molecule is O=C(NCCC(F)(F)F)c1cc(C#CCCO)ccc1F. The van der Waals surface area contributed by atoms with Crippen molar-refractivity contribution in [2.75, 3.05) is 13.2 Å². The van der Waals surface area contributed by atoms with Gasteiger partial charge in [-0.05, 0) is 18.2 Å². The first-order valence-electron chi connectivity index (χ1n) is 6.07. The summed E-state index contributed by atoms with van der Waals surface area (Å²) in [5, 5.41) is 10.6. The van der Waals surface area contributed by atoms with E-state index in [4.69, 9.17) is 5.11 Å². The van der Waals surface area contributed by atoms with Crippen molar-refractivity contribution in [3.8, 4) is 11.8 Å². The van der Waals surface area contributed by atoms with Crippen LogP contribution in [0.2, 0.25) is 0 Å². The second-order valence-corrected chi connectivity index (χ2v) is 4.09. The molecule has 1 aromatic carbocycles. The average molecular weight is 303 g/mol. The van der Waals surface area contributed by atoms with Crippen molar-refractivity contribution in [3.05, 3.63) is 35.1 Å². The molecule has 21 heavy (non-hydrogen) atoms. The molecule has 1 rings (SSSR count). The van der Waals surface area contributed by atoms with Crippen molar-refractivity contribution < 1.29 is 27.5 Å². The highest BCUT2D eigenvalue weighted by Gasteiger charge is 2.26. The maximum absolute atomic E-state index is 13.5. The molecule has 0 radical (unpaired) electrons. The molecule has 1 aromatic rings. The van der Waals surface area contributed by atoms with E-state index in [1.54, 1.807) is 0 Å². The van der Waals surface area contributed by atoms with Gasteiger partial charge in [0, 0.05) is 18.5 Å². The van der Waals surface area contributed by atoms with E-state index < -0.39 is 30.9 Å². The highest BCUT2D eigenvalue weighted by atomic mass is 19.4. The third-order valence-electron chi connectivity index (χ3n) is 2.37. The molecule has 3 nitrogen and oxygen atoms in total. The molecule has 0 heterocycles. The molecule has 0 fully saturated rings. The summed E-state index contributed by atoms with van der Waals surface area (Å²) < 4.78 is 49.4. The van der Waals surface area contributed by atoms with Gasteiger partial charge < -0.3 is 10.4 Å². The number of amides is 1. The molecule has 7 heteroatoms. The van der Waals surface area contributed by atoms with Crippen LogP contribution in [0.5, 0.6) is 0 Å². The predicted molar refractivity (Wildman–Crippen MR) is 68.0 cm³/mol. The lowest BCUT2D eigenvalue weighted by Gasteiger charge is -2.08. The number of nitrogens with one attached hydrogen (secondary N) is 1. The summed E-state index contributed by atoms with van der Waals surface area (Å²) in [6, 6.07) is 3.51. The molecule has 0 aromatic heterocycles. The maximum atomic E-state index is 13.5. The molecular formula is C14H13F4NO2. The van der Waals surface area contributed by atoms with Gasteiger partial charge in [-0.25, -0.2) is 4.39 Å². The minimum atomic E-state index is -4.39. The van der Waals surface area contributed by atoms with Gasteiger partial charge in [0.1, 0.15) is 5.82 Å². The summed E-state index contributed by atoms with van der Waals surface area (Å²) in [6.07, 6.45) is -5.34. The van der Waals surface area contributed by atoms with Crippen LogP contribution in [-0.2, 0) is 0 Å². The average Bonchev–Trinajstić information content (AvgIpc) is 2.39. The Balaban J connectivity index is 2.75. The van der Waals surface area contributed by atoms with E-state index in [0.717, 1.165) is 12.1 Å². The lowest BCUT2D eigenvalue weighted by Crippen LogP contribution is -2.28. The summed E-state index contributed by atoms with van der Waals surface area (Å²) in [7, 11) is 0. The minimum absolute atomic E-state index is 0.126. The van der Waals surface area contributed by atoms with Crippen LogP contribution >= 0.6 is 0 Å². The molecule has 0 bridgehead atoms. The predicted octanol–water partition coefficient (Wildman–Crippen LogP) is 2.24. The first kappa shape index (κ1) is 17.0. The third kappa shape index (κ3) is 6.27. The number of rotatable bonds is 4. The van der Waals surface area contributed by atoms with Crippen LogP contribution in [0.25, 0.3) is 0 Å². The van der Waals surface area contributed by atoms with E-state index in [0.29, 0.717) is 5.56 Å². The number of halogens is 4. The van der Waals surface area contributed by atoms with E-state index in [1.807, 2.05) is 5.32 Å². The molecule has 114 valence electrons. The van der Waals surface area contributed by atoms with E-state index in [1.165, 1.54) is 6.07 Å². The Hall–Kier alpha value is -2.07. The largest absolute Gasteiger partial charge is 0.395 e. The second kappa shape index (κ2) is 7.64. The van der Waals surface area contributed by atoms with Gasteiger partial charge in [-0.2, -0.15) is 13.2 Å². The Morgan fingerprint density at radius 1 is 1.33 bits per heavy atom. The second-order valence-electron chi connectivity index (χ2n) is 4.09. The van der Waals surface area contributed by atoms with Gasteiger partial charge in [0.2, 0.25) is 0 Å². The molecule has 0 aliphatic carbocycles. The number of aliphatic hydroxyl groups is 1. The van der Waals surface area contributed by atoms with Gasteiger partial charge in [0.05, 0.1) is 18.6 Å². The third-order valence-corrected chi connectivity index (χ3v) is 2.37. The van der Waals surface area contributed by atoms with Crippen LogP contribution in [0.15, 0.2) is 18.2 Å². The fourth-order valence-electron chi connectivity index (χ4n) is 1.41. The van der Waals surface area contributed by atoms with Gasteiger partial charge >= 0.3 is 6.18 Å². The smallest absolute Gasteiger partial charge is 0.390 e. The molecule has 0 saturated heterocycles. The Kier molecular flexibility index (Phi) is 6.18. The Morgan fingerprint density at radius 3 is 2.67 bits per heavy atom. The number of benzene rings is 1. The molecule has 0 aliphatic heterocycles. The van der Waals surface area contributed by atoms with Crippen molar-refractivity contribution in [1.82, 2.24) is 5.32 Å². The summed E-state index contributed by atoms with van der Waals surface area (Å²) in [6.45, 7) is -0.749. The van der Waals surface area contributed by atoms with Gasteiger partial charge in [-0.15, -0.1) is 0 Å². The standard InChI is InChI=1S/C14H13F4NO2/c15-12-5-4-10(3-1-2-8-20)9-11(12)13(21)19-7-6-14(16,17)18/h4-5,9,20H,2,6-8H2,(H,19,21). The fourth-order valence-corrected chi connectivity index (χ4v) is 1.41. The molecule has 0 atom stereocenters. The van der Waals surface area contributed by atoms with E-state index in [9.17, 15) is 22.4 Å². The topological polar surface area (TPSA) is 49.3 Å². The van der Waals surface area contributed by atoms with Crippen molar-refractivity contribution in [2.45, 2.75) is 19.0 Å². The quantitative estimate of drug-likeness (QED) is 0.662. The van der Waals surface area contributed by atoms with Crippen LogP contribution in [0.3, 0.4) is 0 Å². The summed E-state index contributed by atoms with van der Waals surface area (Å²) in [5.41, 5.74) is -0.0289. The van der Waals surface area contributed by atoms with Crippen molar-refractivity contribution in [1.29, 1.82) is 0 Å². The first-order valence-corrected chi connectivity index (χ1v) is 6.07. The molecule has 0 unspecified atom stereocenters. The van der Waals surface area contributed by atoms with E-state index in [2.05, 4.69) is 11.8 Å². The summed E-state index contributed by atoms with van der Waals surface area (Å²) in [5.74, 6) is 3.44. The zero-order valence-corrected chi connectivity index (χ0v) is 10.9. The normalized spacial score (nSPS) is 10.7. The fraction of sp³-hybridized carbons (Fsp3) is 0.357. The zero-order chi connectivity index (χ0) is 15.9. The highest BCUT2D eigenvalue weighted by molar-refractivity contribution is 5.94. The Labute approximate surface area is 119 Å². The van der Waals surface area contributed by atoms with Crippen LogP contribution < -0.4 is 5.32 Å². The number of carbonyl (C=O) groups excluding carboxylic acids is 1. The number of alkyl halides is 3. The van der Waals surface area contributed by atoms with Crippen LogP contribution in [0.1, 0.15) is 28.8 Å². The highest BCUT2D eigenvalue weighted by Crippen LogP contribution is 2.18. The van der Waals surface area contributed by atoms with E-state index in [-0.39, 0.29) is 18.6 Å². The Bertz CT molecular complexity index is 558. The maximum Gasteiger partial charge on any atom is 0.390 e. The first-order chi connectivity index (χ1) is 9.83. The molecule has 0 aliphatic rings. The lowest BCUT2D eigenvalue weighted by molar-refractivity contribution is -0.132. The van der Waals surface area contributed by atoms with E-state index >= 15 is 0 Å².